The molecule has 0 aromatic carbocycles. The lowest BCUT2D eigenvalue weighted by molar-refractivity contribution is 0.0946. The lowest BCUT2D eigenvalue weighted by atomic mass is 10.2. The Kier molecular flexibility index (Phi) is 4.15. The molecule has 1 amide bonds. The molecule has 2 aromatic rings. The van der Waals surface area contributed by atoms with E-state index in [0.717, 1.165) is 10.9 Å². The Bertz CT molecular complexity index is 536. The van der Waals surface area contributed by atoms with Crippen LogP contribution in [0.1, 0.15) is 16.1 Å². The van der Waals surface area contributed by atoms with Crippen LogP contribution in [0.15, 0.2) is 41.3 Å². The van der Waals surface area contributed by atoms with Gasteiger partial charge in [-0.15, -0.1) is 0 Å². The third-order valence-electron chi connectivity index (χ3n) is 2.65. The molecule has 2 rings (SSSR count). The van der Waals surface area contributed by atoms with Crippen LogP contribution in [0.2, 0.25) is 0 Å². The molecule has 0 fully saturated rings. The average Bonchev–Trinajstić information content (AvgIpc) is 2.70. The summed E-state index contributed by atoms with van der Waals surface area (Å²) in [6.45, 7) is 0.617. The molecule has 0 radical (unpaired) electrons. The van der Waals surface area contributed by atoms with Gasteiger partial charge in [-0.2, -0.15) is 0 Å². The Labute approximate surface area is 114 Å². The molecule has 0 aliphatic carbocycles. The number of nitrogens with zero attached hydrogens (tertiary/aromatic N) is 2. The maximum Gasteiger partial charge on any atom is 0.267 e. The summed E-state index contributed by atoms with van der Waals surface area (Å²) in [5.74, 6) is -0.0581. The van der Waals surface area contributed by atoms with Gasteiger partial charge in [0.2, 0.25) is 0 Å². The number of halogens is 1. The Morgan fingerprint density at radius 1 is 1.44 bits per heavy atom. The van der Waals surface area contributed by atoms with Crippen LogP contribution in [0.4, 0.5) is 0 Å². The first-order chi connectivity index (χ1) is 8.66. The van der Waals surface area contributed by atoms with E-state index in [1.807, 2.05) is 31.4 Å². The summed E-state index contributed by atoms with van der Waals surface area (Å²) < 4.78 is 2.70. The summed E-state index contributed by atoms with van der Waals surface area (Å²) in [5, 5.41) is 2.90. The van der Waals surface area contributed by atoms with Gasteiger partial charge in [0, 0.05) is 36.7 Å². The second kappa shape index (κ2) is 5.82. The van der Waals surface area contributed by atoms with Crippen molar-refractivity contribution in [3.8, 4) is 0 Å². The number of carbonyl (C=O) groups excluding carboxylic acids is 1. The first-order valence-electron chi connectivity index (χ1n) is 5.66. The Morgan fingerprint density at radius 3 is 2.78 bits per heavy atom. The highest BCUT2D eigenvalue weighted by Crippen LogP contribution is 2.13. The molecule has 2 aromatic heterocycles. The second-order valence-electron chi connectivity index (χ2n) is 4.02. The lowest BCUT2D eigenvalue weighted by Crippen LogP contribution is -2.27. The molecular formula is C13H14BrN3O. The molecule has 0 unspecified atom stereocenters. The molecular weight excluding hydrogens is 294 g/mol. The number of hydrogen-bond donors (Lipinski definition) is 1. The number of carbonyl (C=O) groups is 1. The maximum absolute atomic E-state index is 11.9. The summed E-state index contributed by atoms with van der Waals surface area (Å²) in [7, 11) is 1.85. The molecule has 0 bridgehead atoms. The van der Waals surface area contributed by atoms with Gasteiger partial charge in [0.25, 0.3) is 5.91 Å². The van der Waals surface area contributed by atoms with Crippen LogP contribution in [0.5, 0.6) is 0 Å². The fourth-order valence-corrected chi connectivity index (χ4v) is 2.23. The summed E-state index contributed by atoms with van der Waals surface area (Å²) >= 11 is 3.35. The standard InChI is InChI=1S/C13H14BrN3O/c1-17-9-11(14)8-12(17)13(18)16-7-4-10-2-5-15-6-3-10/h2-3,5-6,8-9H,4,7H2,1H3,(H,16,18). The Balaban J connectivity index is 1.87. The lowest BCUT2D eigenvalue weighted by Gasteiger charge is -2.05. The van der Waals surface area contributed by atoms with E-state index < -0.39 is 0 Å². The summed E-state index contributed by atoms with van der Waals surface area (Å²) in [4.78, 5) is 15.9. The Hall–Kier alpha value is -1.62. The molecule has 4 nitrogen and oxygen atoms in total. The fraction of sp³-hybridized carbons (Fsp3) is 0.231. The summed E-state index contributed by atoms with van der Waals surface area (Å²) in [6, 6.07) is 5.71. The Morgan fingerprint density at radius 2 is 2.17 bits per heavy atom. The minimum absolute atomic E-state index is 0.0581. The van der Waals surface area contributed by atoms with Gasteiger partial charge < -0.3 is 9.88 Å². The number of pyridine rings is 1. The first-order valence-corrected chi connectivity index (χ1v) is 6.45. The molecule has 0 atom stereocenters. The van der Waals surface area contributed by atoms with Crippen LogP contribution in [-0.2, 0) is 13.5 Å². The van der Waals surface area contributed by atoms with Crippen molar-refractivity contribution in [3.05, 3.63) is 52.5 Å². The number of aromatic nitrogens is 2. The van der Waals surface area contributed by atoms with Crippen molar-refractivity contribution in [2.75, 3.05) is 6.54 Å². The molecule has 2 heterocycles. The second-order valence-corrected chi connectivity index (χ2v) is 4.93. The zero-order valence-corrected chi connectivity index (χ0v) is 11.6. The number of aryl methyl sites for hydroxylation is 1. The molecule has 0 aliphatic rings. The molecule has 18 heavy (non-hydrogen) atoms. The molecule has 0 saturated carbocycles. The van der Waals surface area contributed by atoms with Crippen molar-refractivity contribution in [2.24, 2.45) is 7.05 Å². The molecule has 0 saturated heterocycles. The predicted octanol–water partition coefficient (Wildman–Crippen LogP) is 2.16. The minimum atomic E-state index is -0.0581. The van der Waals surface area contributed by atoms with Gasteiger partial charge in [-0.05, 0) is 46.1 Å². The normalized spacial score (nSPS) is 10.3. The number of nitrogens with one attached hydrogen (secondary N) is 1. The summed E-state index contributed by atoms with van der Waals surface area (Å²) in [6.07, 6.45) is 6.18. The quantitative estimate of drug-likeness (QED) is 0.941. The zero-order valence-electron chi connectivity index (χ0n) is 10.1. The van der Waals surface area contributed by atoms with E-state index >= 15 is 0 Å². The van der Waals surface area contributed by atoms with Crippen LogP contribution in [0.25, 0.3) is 0 Å². The van der Waals surface area contributed by atoms with Crippen LogP contribution < -0.4 is 5.32 Å². The molecule has 0 aliphatic heterocycles. The molecule has 0 spiro atoms. The third-order valence-corrected chi connectivity index (χ3v) is 3.09. The highest BCUT2D eigenvalue weighted by atomic mass is 79.9. The smallest absolute Gasteiger partial charge is 0.267 e. The largest absolute Gasteiger partial charge is 0.350 e. The van der Waals surface area contributed by atoms with E-state index in [0.29, 0.717) is 12.2 Å². The first kappa shape index (κ1) is 12.8. The van der Waals surface area contributed by atoms with Gasteiger partial charge in [0.1, 0.15) is 5.69 Å². The van der Waals surface area contributed by atoms with E-state index in [1.54, 1.807) is 17.0 Å². The van der Waals surface area contributed by atoms with Gasteiger partial charge in [0.15, 0.2) is 0 Å². The van der Waals surface area contributed by atoms with Crippen molar-refractivity contribution in [3.63, 3.8) is 0 Å². The molecule has 94 valence electrons. The van der Waals surface area contributed by atoms with E-state index in [-0.39, 0.29) is 5.91 Å². The van der Waals surface area contributed by atoms with Crippen LogP contribution in [0, 0.1) is 0 Å². The highest BCUT2D eigenvalue weighted by Gasteiger charge is 2.09. The van der Waals surface area contributed by atoms with E-state index in [9.17, 15) is 4.79 Å². The van der Waals surface area contributed by atoms with Crippen molar-refractivity contribution in [2.45, 2.75) is 6.42 Å². The molecule has 1 N–H and O–H groups in total. The summed E-state index contributed by atoms with van der Waals surface area (Å²) in [5.41, 5.74) is 1.81. The van der Waals surface area contributed by atoms with Gasteiger partial charge >= 0.3 is 0 Å². The van der Waals surface area contributed by atoms with Crippen molar-refractivity contribution >= 4 is 21.8 Å². The van der Waals surface area contributed by atoms with E-state index in [1.165, 1.54) is 5.56 Å². The topological polar surface area (TPSA) is 46.9 Å². The highest BCUT2D eigenvalue weighted by molar-refractivity contribution is 9.10. The minimum Gasteiger partial charge on any atom is -0.350 e. The average molecular weight is 308 g/mol. The van der Waals surface area contributed by atoms with Crippen LogP contribution in [0.3, 0.4) is 0 Å². The fourth-order valence-electron chi connectivity index (χ4n) is 1.71. The number of amides is 1. The number of hydrogen-bond acceptors (Lipinski definition) is 2. The van der Waals surface area contributed by atoms with Crippen LogP contribution in [-0.4, -0.2) is 22.0 Å². The van der Waals surface area contributed by atoms with E-state index in [4.69, 9.17) is 0 Å². The zero-order chi connectivity index (χ0) is 13.0. The van der Waals surface area contributed by atoms with Gasteiger partial charge in [-0.3, -0.25) is 9.78 Å². The van der Waals surface area contributed by atoms with Gasteiger partial charge in [0.05, 0.1) is 0 Å². The van der Waals surface area contributed by atoms with Crippen LogP contribution >= 0.6 is 15.9 Å². The molecule has 5 heteroatoms. The van der Waals surface area contributed by atoms with Gasteiger partial charge in [-0.25, -0.2) is 0 Å². The third kappa shape index (κ3) is 3.20. The monoisotopic (exact) mass is 307 g/mol. The van der Waals surface area contributed by atoms with Crippen molar-refractivity contribution in [1.82, 2.24) is 14.9 Å². The SMILES string of the molecule is Cn1cc(Br)cc1C(=O)NCCc1ccncc1. The maximum atomic E-state index is 11.9. The van der Waals surface area contributed by atoms with Crippen molar-refractivity contribution in [1.29, 1.82) is 0 Å². The van der Waals surface area contributed by atoms with E-state index in [2.05, 4.69) is 26.2 Å². The predicted molar refractivity (Wildman–Crippen MR) is 73.4 cm³/mol. The van der Waals surface area contributed by atoms with Crippen molar-refractivity contribution < 1.29 is 4.79 Å². The van der Waals surface area contributed by atoms with Gasteiger partial charge in [-0.1, -0.05) is 0 Å². The number of rotatable bonds is 4.